The lowest BCUT2D eigenvalue weighted by Gasteiger charge is -2.22. The molecule has 0 aliphatic heterocycles. The molecule has 7 nitrogen and oxygen atoms in total. The minimum Gasteiger partial charge on any atom is -0.497 e. The van der Waals surface area contributed by atoms with Crippen molar-refractivity contribution in [1.29, 1.82) is 0 Å². The van der Waals surface area contributed by atoms with Crippen molar-refractivity contribution in [2.45, 2.75) is 13.0 Å². The topological polar surface area (TPSA) is 75.6 Å². The molecule has 158 valence electrons. The van der Waals surface area contributed by atoms with Gasteiger partial charge in [0.2, 0.25) is 0 Å². The molecule has 0 aromatic heterocycles. The number of benzene rings is 2. The number of hydrogen-bond acceptors (Lipinski definition) is 5. The van der Waals surface area contributed by atoms with E-state index >= 15 is 0 Å². The normalized spacial score (nSPS) is 12.2. The number of para-hydroxylation sites is 1. The van der Waals surface area contributed by atoms with Gasteiger partial charge in [-0.1, -0.05) is 18.2 Å². The number of guanidine groups is 1. The van der Waals surface area contributed by atoms with E-state index in [9.17, 15) is 5.11 Å². The number of aliphatic imine (C=N–C) groups is 1. The van der Waals surface area contributed by atoms with E-state index in [-0.39, 0.29) is 6.54 Å². The Morgan fingerprint density at radius 2 is 1.72 bits per heavy atom. The Hall–Kier alpha value is -2.93. The van der Waals surface area contributed by atoms with Gasteiger partial charge in [-0.25, -0.2) is 0 Å². The van der Waals surface area contributed by atoms with Crippen molar-refractivity contribution in [1.82, 2.24) is 10.2 Å². The van der Waals surface area contributed by atoms with E-state index in [2.05, 4.69) is 10.3 Å². The summed E-state index contributed by atoms with van der Waals surface area (Å²) >= 11 is 0. The number of nitrogens with zero attached hydrogens (tertiary/aromatic N) is 2. The Balaban J connectivity index is 1.98. The molecule has 0 radical (unpaired) electrons. The predicted octanol–water partition coefficient (Wildman–Crippen LogP) is 2.71. The largest absolute Gasteiger partial charge is 0.497 e. The van der Waals surface area contributed by atoms with Crippen LogP contribution in [0.15, 0.2) is 53.5 Å². The Morgan fingerprint density at radius 1 is 1.07 bits per heavy atom. The van der Waals surface area contributed by atoms with Crippen LogP contribution in [-0.2, 0) is 0 Å². The zero-order chi connectivity index (χ0) is 21.1. The maximum Gasteiger partial charge on any atom is 0.193 e. The molecule has 0 bridgehead atoms. The predicted molar refractivity (Wildman–Crippen MR) is 115 cm³/mol. The maximum absolute atomic E-state index is 10.6. The maximum atomic E-state index is 10.6. The minimum absolute atomic E-state index is 0.211. The Morgan fingerprint density at radius 3 is 2.31 bits per heavy atom. The number of hydrogen-bond donors (Lipinski definition) is 2. The first-order chi connectivity index (χ1) is 14.1. The third kappa shape index (κ3) is 7.19. The number of likely N-dealkylation sites (N-methyl/N-ethyl adjacent to an activating group) is 1. The summed E-state index contributed by atoms with van der Waals surface area (Å²) in [5.41, 5.74) is 0.691. The first-order valence-electron chi connectivity index (χ1n) is 9.65. The van der Waals surface area contributed by atoms with Gasteiger partial charge in [0.1, 0.15) is 23.9 Å². The summed E-state index contributed by atoms with van der Waals surface area (Å²) in [4.78, 5) is 6.55. The lowest BCUT2D eigenvalue weighted by atomic mass is 10.1. The number of nitrogens with one attached hydrogen (secondary N) is 1. The number of rotatable bonds is 10. The van der Waals surface area contributed by atoms with Crippen LogP contribution in [0.5, 0.6) is 17.2 Å². The molecule has 2 rings (SSSR count). The van der Waals surface area contributed by atoms with Crippen molar-refractivity contribution in [3.8, 4) is 17.2 Å². The third-order valence-corrected chi connectivity index (χ3v) is 4.31. The summed E-state index contributed by atoms with van der Waals surface area (Å²) in [5.74, 6) is 2.80. The second kappa shape index (κ2) is 11.8. The average Bonchev–Trinajstić information content (AvgIpc) is 2.76. The van der Waals surface area contributed by atoms with Crippen molar-refractivity contribution in [2.75, 3.05) is 47.5 Å². The second-order valence-electron chi connectivity index (χ2n) is 6.44. The molecule has 0 saturated heterocycles. The number of ether oxygens (including phenoxy) is 3. The lowest BCUT2D eigenvalue weighted by Crippen LogP contribution is -2.41. The van der Waals surface area contributed by atoms with E-state index in [0.717, 1.165) is 12.3 Å². The van der Waals surface area contributed by atoms with Crippen LogP contribution in [-0.4, -0.2) is 63.5 Å². The summed E-state index contributed by atoms with van der Waals surface area (Å²) in [6.45, 7) is 4.13. The molecule has 0 spiro atoms. The molecule has 0 aliphatic rings. The van der Waals surface area contributed by atoms with Crippen LogP contribution in [0.2, 0.25) is 0 Å². The molecule has 1 atom stereocenters. The van der Waals surface area contributed by atoms with E-state index in [4.69, 9.17) is 14.2 Å². The molecule has 0 amide bonds. The van der Waals surface area contributed by atoms with Crippen LogP contribution in [0.4, 0.5) is 0 Å². The molecular weight excluding hydrogens is 370 g/mol. The molecule has 0 aliphatic carbocycles. The van der Waals surface area contributed by atoms with Gasteiger partial charge in [-0.2, -0.15) is 0 Å². The van der Waals surface area contributed by atoms with Gasteiger partial charge in [-0.15, -0.1) is 0 Å². The number of aliphatic hydroxyl groups excluding tert-OH is 1. The average molecular weight is 402 g/mol. The highest BCUT2D eigenvalue weighted by molar-refractivity contribution is 5.79. The number of methoxy groups -OCH3 is 2. The van der Waals surface area contributed by atoms with Gasteiger partial charge in [0.25, 0.3) is 0 Å². The van der Waals surface area contributed by atoms with Crippen LogP contribution in [0, 0.1) is 0 Å². The SMILES string of the molecule is CCNC(=NCC(O)c1cc(OC)cc(OC)c1)N(C)CCOc1ccccc1. The van der Waals surface area contributed by atoms with E-state index in [1.165, 1.54) is 0 Å². The summed E-state index contributed by atoms with van der Waals surface area (Å²) < 4.78 is 16.3. The van der Waals surface area contributed by atoms with E-state index in [1.54, 1.807) is 32.4 Å². The first-order valence-corrected chi connectivity index (χ1v) is 9.65. The van der Waals surface area contributed by atoms with Gasteiger partial charge in [0.15, 0.2) is 5.96 Å². The summed E-state index contributed by atoms with van der Waals surface area (Å²) in [6.07, 6.45) is -0.776. The lowest BCUT2D eigenvalue weighted by molar-refractivity contribution is 0.185. The quantitative estimate of drug-likeness (QED) is 0.471. The Labute approximate surface area is 172 Å². The van der Waals surface area contributed by atoms with Gasteiger partial charge in [0.05, 0.1) is 33.4 Å². The fourth-order valence-electron chi connectivity index (χ4n) is 2.69. The van der Waals surface area contributed by atoms with Gasteiger partial charge < -0.3 is 29.5 Å². The van der Waals surface area contributed by atoms with E-state index < -0.39 is 6.10 Å². The second-order valence-corrected chi connectivity index (χ2v) is 6.44. The molecule has 0 fully saturated rings. The molecule has 0 heterocycles. The Kier molecular flexibility index (Phi) is 9.11. The zero-order valence-corrected chi connectivity index (χ0v) is 17.6. The molecule has 1 unspecified atom stereocenters. The van der Waals surface area contributed by atoms with Crippen LogP contribution >= 0.6 is 0 Å². The minimum atomic E-state index is -0.776. The molecule has 29 heavy (non-hydrogen) atoms. The molecular formula is C22H31N3O4. The van der Waals surface area contributed by atoms with Gasteiger partial charge in [-0.3, -0.25) is 4.99 Å². The summed E-state index contributed by atoms with van der Waals surface area (Å²) in [6, 6.07) is 15.0. The zero-order valence-electron chi connectivity index (χ0n) is 17.6. The third-order valence-electron chi connectivity index (χ3n) is 4.31. The van der Waals surface area contributed by atoms with Gasteiger partial charge >= 0.3 is 0 Å². The van der Waals surface area contributed by atoms with Gasteiger partial charge in [0, 0.05) is 19.7 Å². The van der Waals surface area contributed by atoms with Crippen LogP contribution < -0.4 is 19.5 Å². The standard InChI is InChI=1S/C22H31N3O4/c1-5-23-22(25(2)11-12-29-18-9-7-6-8-10-18)24-16-21(26)17-13-19(27-3)15-20(14-17)28-4/h6-10,13-15,21,26H,5,11-12,16H2,1-4H3,(H,23,24). The van der Waals surface area contributed by atoms with Crippen LogP contribution in [0.1, 0.15) is 18.6 Å². The van der Waals surface area contributed by atoms with Crippen molar-refractivity contribution >= 4 is 5.96 Å². The first kappa shape index (κ1) is 22.4. The van der Waals surface area contributed by atoms with Crippen LogP contribution in [0.3, 0.4) is 0 Å². The highest BCUT2D eigenvalue weighted by Crippen LogP contribution is 2.26. The molecule has 7 heteroatoms. The van der Waals surface area contributed by atoms with Crippen LogP contribution in [0.25, 0.3) is 0 Å². The highest BCUT2D eigenvalue weighted by atomic mass is 16.5. The molecule has 2 aromatic rings. The molecule has 0 saturated carbocycles. The van der Waals surface area contributed by atoms with Crippen molar-refractivity contribution in [3.05, 3.63) is 54.1 Å². The number of aliphatic hydroxyl groups is 1. The van der Waals surface area contributed by atoms with Crippen molar-refractivity contribution in [3.63, 3.8) is 0 Å². The van der Waals surface area contributed by atoms with E-state index in [1.807, 2.05) is 49.2 Å². The smallest absolute Gasteiger partial charge is 0.193 e. The molecule has 2 N–H and O–H groups in total. The fourth-order valence-corrected chi connectivity index (χ4v) is 2.69. The Bertz CT molecular complexity index is 746. The van der Waals surface area contributed by atoms with Crippen molar-refractivity contribution in [2.24, 2.45) is 4.99 Å². The summed E-state index contributed by atoms with van der Waals surface area (Å²) in [7, 11) is 5.11. The fraction of sp³-hybridized carbons (Fsp3) is 0.409. The molecule has 2 aromatic carbocycles. The van der Waals surface area contributed by atoms with E-state index in [0.29, 0.717) is 36.2 Å². The monoisotopic (exact) mass is 401 g/mol. The van der Waals surface area contributed by atoms with Crippen molar-refractivity contribution < 1.29 is 19.3 Å². The summed E-state index contributed by atoms with van der Waals surface area (Å²) in [5, 5.41) is 13.8. The van der Waals surface area contributed by atoms with Gasteiger partial charge in [-0.05, 0) is 36.8 Å². The highest BCUT2D eigenvalue weighted by Gasteiger charge is 2.13.